The van der Waals surface area contributed by atoms with Gasteiger partial charge in [-0.1, -0.05) is 12.8 Å². The van der Waals surface area contributed by atoms with Gasteiger partial charge >= 0.3 is 11.9 Å². The molecule has 0 aliphatic heterocycles. The van der Waals surface area contributed by atoms with Gasteiger partial charge in [-0.05, 0) is 38.5 Å². The Hall–Kier alpha value is -1.14. The van der Waals surface area contributed by atoms with Crippen molar-refractivity contribution in [2.45, 2.75) is 63.6 Å². The van der Waals surface area contributed by atoms with Crippen LogP contribution in [-0.2, 0) is 19.1 Å². The van der Waals surface area contributed by atoms with E-state index < -0.39 is 0 Å². The topological polar surface area (TPSA) is 93.1 Å². The molecule has 0 bridgehead atoms. The van der Waals surface area contributed by atoms with Gasteiger partial charge in [0.1, 0.15) is 0 Å². The van der Waals surface area contributed by atoms with E-state index in [0.717, 1.165) is 38.5 Å². The maximum atomic E-state index is 11.0. The van der Waals surface area contributed by atoms with Crippen LogP contribution in [0.1, 0.15) is 51.4 Å². The first-order valence-corrected chi connectivity index (χ1v) is 7.99. The molecule has 4 atom stereocenters. The summed E-state index contributed by atoms with van der Waals surface area (Å²) in [6.45, 7) is 0. The van der Waals surface area contributed by atoms with Gasteiger partial charge in [-0.25, -0.2) is 0 Å². The van der Waals surface area contributed by atoms with Crippen LogP contribution in [0.25, 0.3) is 0 Å². The molecule has 2 fully saturated rings. The van der Waals surface area contributed by atoms with Crippen LogP contribution in [0.3, 0.4) is 0 Å². The highest BCUT2D eigenvalue weighted by Gasteiger charge is 2.27. The molecule has 22 heavy (non-hydrogen) atoms. The summed E-state index contributed by atoms with van der Waals surface area (Å²) in [6, 6.07) is 0. The molecule has 0 aromatic heterocycles. The molecule has 2 saturated carbocycles. The highest BCUT2D eigenvalue weighted by Crippen LogP contribution is 2.25. The predicted octanol–water partition coefficient (Wildman–Crippen LogP) is 1.42. The zero-order valence-corrected chi connectivity index (χ0v) is 13.5. The van der Waals surface area contributed by atoms with Crippen LogP contribution in [0.4, 0.5) is 0 Å². The third-order valence-corrected chi connectivity index (χ3v) is 4.36. The van der Waals surface area contributed by atoms with Crippen molar-refractivity contribution in [2.24, 2.45) is 11.8 Å². The number of carbonyl (C=O) groups excluding carboxylic acids is 2. The molecule has 6 heteroatoms. The molecule has 2 aliphatic carbocycles. The van der Waals surface area contributed by atoms with Crippen LogP contribution < -0.4 is 0 Å². The molecule has 2 rings (SSSR count). The van der Waals surface area contributed by atoms with Crippen LogP contribution in [0, 0.1) is 11.8 Å². The Morgan fingerprint density at radius 2 is 1.14 bits per heavy atom. The highest BCUT2D eigenvalue weighted by molar-refractivity contribution is 5.72. The molecule has 0 unspecified atom stereocenters. The van der Waals surface area contributed by atoms with Crippen molar-refractivity contribution in [2.75, 3.05) is 14.2 Å². The van der Waals surface area contributed by atoms with Crippen molar-refractivity contribution in [1.82, 2.24) is 0 Å². The number of aliphatic hydroxyl groups is 2. The normalized spacial score (nSPS) is 31.5. The third kappa shape index (κ3) is 6.32. The summed E-state index contributed by atoms with van der Waals surface area (Å²) in [6.07, 6.45) is 5.80. The Balaban J connectivity index is 0.000000220. The number of ether oxygens (including phenoxy) is 2. The quantitative estimate of drug-likeness (QED) is 0.749. The number of aliphatic hydroxyl groups excluding tert-OH is 2. The Labute approximate surface area is 131 Å². The Kier molecular flexibility index (Phi) is 8.42. The van der Waals surface area contributed by atoms with Gasteiger partial charge < -0.3 is 19.7 Å². The van der Waals surface area contributed by atoms with Crippen LogP contribution in [0.5, 0.6) is 0 Å². The van der Waals surface area contributed by atoms with Crippen molar-refractivity contribution in [3.63, 3.8) is 0 Å². The van der Waals surface area contributed by atoms with Crippen LogP contribution >= 0.6 is 0 Å². The van der Waals surface area contributed by atoms with Crippen molar-refractivity contribution in [3.05, 3.63) is 0 Å². The van der Waals surface area contributed by atoms with Crippen molar-refractivity contribution >= 4 is 11.9 Å². The molecule has 0 aromatic rings. The standard InChI is InChI=1S/2C8H14O3/c2*1-11-8(10)6-3-2-4-7(9)5-6/h2*6-7,9H,2-5H2,1H3/t2*6-,7-/m10/s1. The smallest absolute Gasteiger partial charge is 0.308 e. The predicted molar refractivity (Wildman–Crippen MR) is 80.0 cm³/mol. The summed E-state index contributed by atoms with van der Waals surface area (Å²) in [5.74, 6) is -0.486. The number of methoxy groups -OCH3 is 2. The van der Waals surface area contributed by atoms with Gasteiger partial charge in [-0.2, -0.15) is 0 Å². The van der Waals surface area contributed by atoms with Gasteiger partial charge in [0.05, 0.1) is 38.3 Å². The Morgan fingerprint density at radius 1 is 0.773 bits per heavy atom. The maximum Gasteiger partial charge on any atom is 0.308 e. The molecule has 0 spiro atoms. The van der Waals surface area contributed by atoms with E-state index in [1.807, 2.05) is 0 Å². The molecule has 0 radical (unpaired) electrons. The summed E-state index contributed by atoms with van der Waals surface area (Å²) in [5.41, 5.74) is 0. The van der Waals surface area contributed by atoms with E-state index >= 15 is 0 Å². The van der Waals surface area contributed by atoms with E-state index in [1.165, 1.54) is 14.2 Å². The average Bonchev–Trinajstić information content (AvgIpc) is 2.54. The monoisotopic (exact) mass is 316 g/mol. The minimum atomic E-state index is -0.298. The second-order valence-electron chi connectivity index (χ2n) is 6.08. The van der Waals surface area contributed by atoms with Crippen LogP contribution in [-0.4, -0.2) is 48.6 Å². The first-order valence-electron chi connectivity index (χ1n) is 7.99. The highest BCUT2D eigenvalue weighted by atomic mass is 16.5. The fourth-order valence-electron chi connectivity index (χ4n) is 3.09. The zero-order valence-electron chi connectivity index (χ0n) is 13.5. The lowest BCUT2D eigenvalue weighted by Gasteiger charge is -2.23. The molecular weight excluding hydrogens is 288 g/mol. The van der Waals surface area contributed by atoms with Crippen molar-refractivity contribution in [3.8, 4) is 0 Å². The van der Waals surface area contributed by atoms with Gasteiger partial charge in [0.2, 0.25) is 0 Å². The maximum absolute atomic E-state index is 11.0. The fraction of sp³-hybridized carbons (Fsp3) is 0.875. The van der Waals surface area contributed by atoms with E-state index in [0.29, 0.717) is 12.8 Å². The van der Waals surface area contributed by atoms with E-state index in [9.17, 15) is 19.8 Å². The molecule has 0 heterocycles. The van der Waals surface area contributed by atoms with Gasteiger partial charge in [-0.15, -0.1) is 0 Å². The van der Waals surface area contributed by atoms with Crippen molar-refractivity contribution in [1.29, 1.82) is 0 Å². The van der Waals surface area contributed by atoms with E-state index in [1.54, 1.807) is 0 Å². The Bertz CT molecular complexity index is 323. The lowest BCUT2D eigenvalue weighted by Crippen LogP contribution is -2.26. The molecule has 0 aromatic carbocycles. The number of hydrogen-bond donors (Lipinski definition) is 2. The summed E-state index contributed by atoms with van der Waals surface area (Å²) in [5, 5.41) is 18.4. The second-order valence-corrected chi connectivity index (χ2v) is 6.08. The number of rotatable bonds is 2. The molecule has 0 saturated heterocycles. The van der Waals surface area contributed by atoms with Crippen LogP contribution in [0.15, 0.2) is 0 Å². The lowest BCUT2D eigenvalue weighted by atomic mass is 9.87. The fourth-order valence-corrected chi connectivity index (χ4v) is 3.09. The van der Waals surface area contributed by atoms with Gasteiger partial charge in [0, 0.05) is 0 Å². The summed E-state index contributed by atoms with van der Waals surface area (Å²) in [7, 11) is 2.78. The molecule has 2 N–H and O–H groups in total. The number of esters is 2. The van der Waals surface area contributed by atoms with Gasteiger partial charge in [-0.3, -0.25) is 9.59 Å². The summed E-state index contributed by atoms with van der Waals surface area (Å²) in [4.78, 5) is 22.0. The zero-order chi connectivity index (χ0) is 16.5. The summed E-state index contributed by atoms with van der Waals surface area (Å²) < 4.78 is 9.18. The molecular formula is C16H28O6. The largest absolute Gasteiger partial charge is 0.469 e. The van der Waals surface area contributed by atoms with Gasteiger partial charge in [0.25, 0.3) is 0 Å². The number of carbonyl (C=O) groups is 2. The molecule has 2 aliphatic rings. The second kappa shape index (κ2) is 9.79. The van der Waals surface area contributed by atoms with Gasteiger partial charge in [0.15, 0.2) is 0 Å². The van der Waals surface area contributed by atoms with Crippen molar-refractivity contribution < 1.29 is 29.3 Å². The van der Waals surface area contributed by atoms with E-state index in [-0.39, 0.29) is 36.0 Å². The minimum Gasteiger partial charge on any atom is -0.469 e. The van der Waals surface area contributed by atoms with Crippen LogP contribution in [0.2, 0.25) is 0 Å². The van der Waals surface area contributed by atoms with E-state index in [2.05, 4.69) is 9.47 Å². The minimum absolute atomic E-state index is 0.0660. The lowest BCUT2D eigenvalue weighted by molar-refractivity contribution is -0.148. The first-order chi connectivity index (χ1) is 10.5. The molecule has 128 valence electrons. The molecule has 0 amide bonds. The number of hydrogen-bond acceptors (Lipinski definition) is 6. The van der Waals surface area contributed by atoms with E-state index in [4.69, 9.17) is 0 Å². The average molecular weight is 316 g/mol. The Morgan fingerprint density at radius 3 is 1.41 bits per heavy atom. The molecule has 6 nitrogen and oxygen atoms in total. The third-order valence-electron chi connectivity index (χ3n) is 4.36. The first kappa shape index (κ1) is 18.9. The summed E-state index contributed by atoms with van der Waals surface area (Å²) >= 11 is 0. The SMILES string of the molecule is COC(=O)[C@@H]1CCC[C@@H](O)C1.COC(=O)[C@H]1CCC[C@H](O)C1.